The van der Waals surface area contributed by atoms with E-state index in [2.05, 4.69) is 27.0 Å². The Morgan fingerprint density at radius 1 is 0.917 bits per heavy atom. The van der Waals surface area contributed by atoms with Gasteiger partial charge in [-0.05, 0) is 0 Å². The van der Waals surface area contributed by atoms with Crippen LogP contribution in [0.15, 0.2) is 82.3 Å². The van der Waals surface area contributed by atoms with Crippen LogP contribution in [-0.4, -0.2) is 63.4 Å². The van der Waals surface area contributed by atoms with Gasteiger partial charge in [0.1, 0.15) is 0 Å². The minimum atomic E-state index is -1.11. The van der Waals surface area contributed by atoms with Gasteiger partial charge in [-0.2, -0.15) is 0 Å². The van der Waals surface area contributed by atoms with Gasteiger partial charge in [0.25, 0.3) is 0 Å². The second kappa shape index (κ2) is 10.4. The number of fused-ring (bicyclic) bond motifs is 1. The first-order valence-electron chi connectivity index (χ1n) is 11.8. The Morgan fingerprint density at radius 3 is 2.61 bits per heavy atom. The maximum absolute atomic E-state index is 15.1. The molecule has 0 saturated carbocycles. The van der Waals surface area contributed by atoms with Crippen molar-refractivity contribution in [2.45, 2.75) is 6.61 Å². The summed E-state index contributed by atoms with van der Waals surface area (Å²) in [4.78, 5) is 10.7. The average Bonchev–Trinajstić information content (AvgIpc) is 3.36. The van der Waals surface area contributed by atoms with Gasteiger partial charge in [0, 0.05) is 0 Å². The molecule has 0 bridgehead atoms. The Kier molecular flexibility index (Phi) is 6.65. The van der Waals surface area contributed by atoms with Crippen LogP contribution in [0.2, 0.25) is 0 Å². The molecule has 0 unspecified atom stereocenters. The second-order valence-corrected chi connectivity index (χ2v) is 11.4. The minimum absolute atomic E-state index is 0.352. The van der Waals surface area contributed by atoms with Gasteiger partial charge in [-0.25, -0.2) is 0 Å². The van der Waals surface area contributed by atoms with Crippen LogP contribution in [0.5, 0.6) is 5.75 Å². The zero-order valence-electron chi connectivity index (χ0n) is 19.5. The van der Waals surface area contributed by atoms with Crippen LogP contribution in [0.1, 0.15) is 16.7 Å². The van der Waals surface area contributed by atoms with Gasteiger partial charge in [-0.1, -0.05) is 0 Å². The first-order chi connectivity index (χ1) is 17.8. The number of nitrogens with zero attached hydrogens (tertiary/aromatic N) is 4. The van der Waals surface area contributed by atoms with Crippen molar-refractivity contribution in [1.29, 1.82) is 0 Å². The van der Waals surface area contributed by atoms with Crippen molar-refractivity contribution in [3.8, 4) is 16.9 Å². The summed E-state index contributed by atoms with van der Waals surface area (Å²) in [6, 6.07) is 21.8. The molecule has 0 spiro atoms. The zero-order chi connectivity index (χ0) is 24.3. The third-order valence-corrected chi connectivity index (χ3v) is 9.20. The third kappa shape index (κ3) is 4.73. The number of pyridine rings is 2. The molecule has 4 aromatic rings. The van der Waals surface area contributed by atoms with Gasteiger partial charge < -0.3 is 0 Å². The number of halogens is 1. The van der Waals surface area contributed by atoms with Crippen molar-refractivity contribution in [2.75, 3.05) is 31.2 Å². The SMILES string of the molecule is Fc1nccc(OCc2ccccc2)c1-c1cc[c]2c(c1)C(c1ccnc(N3CCOCC3)c1)=[N][Sn]2. The normalized spacial score (nSPS) is 14.9. The number of ether oxygens (including phenoxy) is 2. The van der Waals surface area contributed by atoms with E-state index in [1.807, 2.05) is 54.7 Å². The summed E-state index contributed by atoms with van der Waals surface area (Å²) in [5.74, 6) is 0.861. The van der Waals surface area contributed by atoms with E-state index in [0.29, 0.717) is 31.1 Å². The maximum atomic E-state index is 15.1. The number of benzene rings is 2. The molecule has 0 N–H and O–H groups in total. The monoisotopic (exact) mass is 586 g/mol. The standard InChI is InChI=1S/C28H23FN4O2.Sn/c29-28-26(24(10-12-32-28)35-19-20-5-2-1-3-6-20)21-7-4-8-22(17-21)27(30)23-9-11-31-25(18-23)33-13-15-34-16-14-33;/h1-7,9-12,17-18H,13-16,19H2;/q-1;+1. The quantitative estimate of drug-likeness (QED) is 0.255. The van der Waals surface area contributed by atoms with Crippen molar-refractivity contribution >= 4 is 36.5 Å². The van der Waals surface area contributed by atoms with Crippen LogP contribution >= 0.6 is 0 Å². The van der Waals surface area contributed by atoms with Gasteiger partial charge in [0.2, 0.25) is 0 Å². The van der Waals surface area contributed by atoms with Crippen LogP contribution in [0.3, 0.4) is 0 Å². The summed E-state index contributed by atoms with van der Waals surface area (Å²) in [7, 11) is 0. The predicted octanol–water partition coefficient (Wildman–Crippen LogP) is 3.79. The molecule has 178 valence electrons. The van der Waals surface area contributed by atoms with E-state index in [9.17, 15) is 0 Å². The molecule has 36 heavy (non-hydrogen) atoms. The van der Waals surface area contributed by atoms with Crippen LogP contribution in [0.4, 0.5) is 10.2 Å². The number of anilines is 1. The van der Waals surface area contributed by atoms with Crippen LogP contribution < -0.4 is 13.2 Å². The molecule has 2 aromatic heterocycles. The third-order valence-electron chi connectivity index (χ3n) is 6.31. The first-order valence-corrected chi connectivity index (χ1v) is 14.6. The fourth-order valence-electron chi connectivity index (χ4n) is 4.46. The van der Waals surface area contributed by atoms with Crippen molar-refractivity contribution in [3.05, 3.63) is 102 Å². The molecule has 8 heteroatoms. The van der Waals surface area contributed by atoms with E-state index in [-0.39, 0.29) is 0 Å². The van der Waals surface area contributed by atoms with Gasteiger partial charge in [-0.3, -0.25) is 0 Å². The Balaban J connectivity index is 1.32. The predicted molar refractivity (Wildman–Crippen MR) is 139 cm³/mol. The number of rotatable bonds is 6. The van der Waals surface area contributed by atoms with E-state index in [1.165, 1.54) is 9.78 Å². The molecule has 0 atom stereocenters. The molecule has 6 rings (SSSR count). The summed E-state index contributed by atoms with van der Waals surface area (Å²) in [6.45, 7) is 3.42. The Hall–Kier alpha value is -3.30. The number of aromatic nitrogens is 2. The van der Waals surface area contributed by atoms with Crippen molar-refractivity contribution < 1.29 is 13.9 Å². The molecule has 2 radical (unpaired) electrons. The molecular weight excluding hydrogens is 562 g/mol. The fourth-order valence-corrected chi connectivity index (χ4v) is 7.17. The average molecular weight is 585 g/mol. The number of morpholine rings is 1. The summed E-state index contributed by atoms with van der Waals surface area (Å²) in [5, 5.41) is 0. The number of hydrogen-bond donors (Lipinski definition) is 0. The topological polar surface area (TPSA) is 59.8 Å². The molecular formula is C28H23FN4O2Sn. The molecule has 2 aliphatic heterocycles. The van der Waals surface area contributed by atoms with Crippen molar-refractivity contribution in [1.82, 2.24) is 9.97 Å². The Labute approximate surface area is 219 Å². The van der Waals surface area contributed by atoms with Crippen LogP contribution in [0, 0.1) is 5.95 Å². The summed E-state index contributed by atoms with van der Waals surface area (Å²) in [6.07, 6.45) is 3.28. The van der Waals surface area contributed by atoms with E-state index in [1.54, 1.807) is 6.07 Å². The summed E-state index contributed by atoms with van der Waals surface area (Å²) >= 11 is -1.11. The van der Waals surface area contributed by atoms with Gasteiger partial charge in [0.15, 0.2) is 0 Å². The molecule has 0 aliphatic carbocycles. The Morgan fingerprint density at radius 2 is 1.75 bits per heavy atom. The summed E-state index contributed by atoms with van der Waals surface area (Å²) in [5.41, 5.74) is 5.19. The zero-order valence-corrected chi connectivity index (χ0v) is 22.4. The first kappa shape index (κ1) is 23.1. The molecule has 2 aliphatic rings. The summed E-state index contributed by atoms with van der Waals surface area (Å²) < 4.78 is 32.9. The van der Waals surface area contributed by atoms with E-state index < -0.39 is 27.4 Å². The fraction of sp³-hybridized carbons (Fsp3) is 0.179. The van der Waals surface area contributed by atoms with Gasteiger partial charge in [0.05, 0.1) is 0 Å². The van der Waals surface area contributed by atoms with Gasteiger partial charge >= 0.3 is 220 Å². The molecule has 6 nitrogen and oxygen atoms in total. The number of hydrogen-bond acceptors (Lipinski definition) is 6. The van der Waals surface area contributed by atoms with Crippen LogP contribution in [0.25, 0.3) is 11.1 Å². The van der Waals surface area contributed by atoms with Gasteiger partial charge in [-0.15, -0.1) is 0 Å². The molecule has 2 aromatic carbocycles. The molecule has 0 amide bonds. The molecule has 1 fully saturated rings. The van der Waals surface area contributed by atoms with E-state index in [0.717, 1.165) is 46.9 Å². The molecule has 1 saturated heterocycles. The van der Waals surface area contributed by atoms with E-state index >= 15 is 4.39 Å². The Bertz CT molecular complexity index is 1420. The molecule has 4 heterocycles. The van der Waals surface area contributed by atoms with Crippen molar-refractivity contribution in [3.63, 3.8) is 0 Å². The van der Waals surface area contributed by atoms with Crippen LogP contribution in [-0.2, 0) is 11.3 Å². The second-order valence-electron chi connectivity index (χ2n) is 8.58. The van der Waals surface area contributed by atoms with Crippen molar-refractivity contribution in [2.24, 2.45) is 3.21 Å². The van der Waals surface area contributed by atoms with E-state index in [4.69, 9.17) is 12.7 Å².